The Morgan fingerprint density at radius 1 is 1.12 bits per heavy atom. The van der Waals surface area contributed by atoms with E-state index in [4.69, 9.17) is 11.6 Å². The van der Waals surface area contributed by atoms with Gasteiger partial charge in [-0.15, -0.1) is 11.8 Å². The van der Waals surface area contributed by atoms with Crippen LogP contribution in [0.3, 0.4) is 0 Å². The van der Waals surface area contributed by atoms with Crippen molar-refractivity contribution in [1.82, 2.24) is 14.8 Å². The highest BCUT2D eigenvalue weighted by atomic mass is 35.5. The van der Waals surface area contributed by atoms with Gasteiger partial charge in [0.1, 0.15) is 5.15 Å². The summed E-state index contributed by atoms with van der Waals surface area (Å²) in [5, 5.41) is 1.08. The maximum Gasteiger partial charge on any atom is 0.334 e. The Kier molecular flexibility index (Phi) is 5.48. The standard InChI is InChI=1S/C18H18ClN3O3S/c1-3-4-7-21-16(23)17(24)22(18(21)25)10-12-8-11-5-6-13(26-2)9-14(11)20-15(12)19/h5-6,8-9H,3-4,7,10H2,1-2H3. The van der Waals surface area contributed by atoms with E-state index in [9.17, 15) is 14.4 Å². The first-order chi connectivity index (χ1) is 12.5. The number of unbranched alkanes of at least 4 members (excludes halogenated alkanes) is 1. The first kappa shape index (κ1) is 18.7. The monoisotopic (exact) mass is 391 g/mol. The summed E-state index contributed by atoms with van der Waals surface area (Å²) >= 11 is 7.87. The second-order valence-corrected chi connectivity index (χ2v) is 7.22. The van der Waals surface area contributed by atoms with Crippen LogP contribution in [0.5, 0.6) is 0 Å². The molecule has 0 spiro atoms. The molecule has 0 unspecified atom stereocenters. The third-order valence-electron chi connectivity index (χ3n) is 4.25. The number of aromatic nitrogens is 1. The fraction of sp³-hybridized carbons (Fsp3) is 0.333. The van der Waals surface area contributed by atoms with E-state index in [2.05, 4.69) is 4.98 Å². The number of rotatable bonds is 6. The minimum absolute atomic E-state index is 0.0713. The summed E-state index contributed by atoms with van der Waals surface area (Å²) in [6.07, 6.45) is 3.46. The van der Waals surface area contributed by atoms with Crippen LogP contribution in [-0.4, -0.2) is 45.4 Å². The Morgan fingerprint density at radius 3 is 2.54 bits per heavy atom. The Bertz CT molecular complexity index is 903. The van der Waals surface area contributed by atoms with Crippen molar-refractivity contribution in [2.75, 3.05) is 12.8 Å². The number of hydrogen-bond donors (Lipinski definition) is 0. The molecule has 0 saturated carbocycles. The molecule has 2 aromatic rings. The lowest BCUT2D eigenvalue weighted by Crippen LogP contribution is -2.33. The van der Waals surface area contributed by atoms with E-state index in [0.717, 1.165) is 32.0 Å². The van der Waals surface area contributed by atoms with Crippen LogP contribution in [0, 0.1) is 0 Å². The van der Waals surface area contributed by atoms with Crippen molar-refractivity contribution in [3.05, 3.63) is 35.0 Å². The second kappa shape index (κ2) is 7.63. The Labute approximate surface area is 160 Å². The molecular weight excluding hydrogens is 374 g/mol. The highest BCUT2D eigenvalue weighted by Crippen LogP contribution is 2.27. The average molecular weight is 392 g/mol. The first-order valence-corrected chi connectivity index (χ1v) is 9.87. The van der Waals surface area contributed by atoms with E-state index in [1.807, 2.05) is 31.4 Å². The zero-order valence-electron chi connectivity index (χ0n) is 14.5. The van der Waals surface area contributed by atoms with Gasteiger partial charge >= 0.3 is 17.8 Å². The number of hydrogen-bond acceptors (Lipinski definition) is 5. The molecule has 1 fully saturated rings. The quantitative estimate of drug-likeness (QED) is 0.325. The number of imide groups is 2. The number of thioether (sulfide) groups is 1. The molecule has 0 aliphatic carbocycles. The van der Waals surface area contributed by atoms with Crippen LogP contribution < -0.4 is 0 Å². The van der Waals surface area contributed by atoms with Gasteiger partial charge in [-0.2, -0.15) is 0 Å². The molecule has 0 bridgehead atoms. The van der Waals surface area contributed by atoms with E-state index < -0.39 is 17.8 Å². The molecule has 1 aromatic carbocycles. The van der Waals surface area contributed by atoms with Crippen LogP contribution in [0.15, 0.2) is 29.2 Å². The molecule has 1 aliphatic heterocycles. The molecule has 1 aromatic heterocycles. The fourth-order valence-corrected chi connectivity index (χ4v) is 3.42. The predicted octanol–water partition coefficient (Wildman–Crippen LogP) is 3.70. The molecule has 4 amide bonds. The molecule has 1 saturated heterocycles. The van der Waals surface area contributed by atoms with Gasteiger partial charge in [0, 0.05) is 22.4 Å². The summed E-state index contributed by atoms with van der Waals surface area (Å²) in [5.74, 6) is -1.60. The zero-order chi connectivity index (χ0) is 18.8. The van der Waals surface area contributed by atoms with E-state index in [0.29, 0.717) is 12.0 Å². The highest BCUT2D eigenvalue weighted by molar-refractivity contribution is 7.98. The number of carbonyl (C=O) groups is 3. The number of benzene rings is 1. The van der Waals surface area contributed by atoms with Gasteiger partial charge in [-0.1, -0.05) is 31.0 Å². The molecule has 6 nitrogen and oxygen atoms in total. The van der Waals surface area contributed by atoms with Gasteiger partial charge in [-0.3, -0.25) is 19.4 Å². The fourth-order valence-electron chi connectivity index (χ4n) is 2.78. The Morgan fingerprint density at radius 2 is 1.85 bits per heavy atom. The predicted molar refractivity (Wildman–Crippen MR) is 101 cm³/mol. The molecule has 0 N–H and O–H groups in total. The lowest BCUT2D eigenvalue weighted by molar-refractivity contribution is -0.143. The van der Waals surface area contributed by atoms with Crippen molar-refractivity contribution in [2.45, 2.75) is 31.2 Å². The van der Waals surface area contributed by atoms with E-state index in [1.54, 1.807) is 17.8 Å². The van der Waals surface area contributed by atoms with Crippen LogP contribution in [0.4, 0.5) is 4.79 Å². The topological polar surface area (TPSA) is 70.6 Å². The van der Waals surface area contributed by atoms with Crippen molar-refractivity contribution >= 4 is 52.1 Å². The number of pyridine rings is 1. The van der Waals surface area contributed by atoms with Crippen molar-refractivity contribution in [3.63, 3.8) is 0 Å². The third-order valence-corrected chi connectivity index (χ3v) is 5.30. The molecule has 136 valence electrons. The Balaban J connectivity index is 1.88. The normalized spacial score (nSPS) is 14.8. The van der Waals surface area contributed by atoms with Crippen LogP contribution in [0.2, 0.25) is 5.15 Å². The summed E-state index contributed by atoms with van der Waals surface area (Å²) in [6.45, 7) is 2.13. The number of halogens is 1. The molecule has 1 aliphatic rings. The summed E-state index contributed by atoms with van der Waals surface area (Å²) in [4.78, 5) is 44.1. The summed E-state index contributed by atoms with van der Waals surface area (Å²) in [6, 6.07) is 7.02. The van der Waals surface area contributed by atoms with Crippen molar-refractivity contribution in [1.29, 1.82) is 0 Å². The SMILES string of the molecule is CCCCN1C(=O)C(=O)N(Cc2cc3ccc(SC)cc3nc2Cl)C1=O. The second-order valence-electron chi connectivity index (χ2n) is 5.98. The van der Waals surface area contributed by atoms with E-state index in [1.165, 1.54) is 0 Å². The zero-order valence-corrected chi connectivity index (χ0v) is 16.1. The number of urea groups is 1. The van der Waals surface area contributed by atoms with Gasteiger partial charge < -0.3 is 0 Å². The van der Waals surface area contributed by atoms with Crippen molar-refractivity contribution < 1.29 is 14.4 Å². The lowest BCUT2D eigenvalue weighted by Gasteiger charge is -2.16. The van der Waals surface area contributed by atoms with Gasteiger partial charge in [0.05, 0.1) is 12.1 Å². The first-order valence-electron chi connectivity index (χ1n) is 8.26. The van der Waals surface area contributed by atoms with E-state index >= 15 is 0 Å². The molecule has 0 atom stereocenters. The highest BCUT2D eigenvalue weighted by Gasteiger charge is 2.44. The van der Waals surface area contributed by atoms with Gasteiger partial charge in [0.25, 0.3) is 0 Å². The average Bonchev–Trinajstić information content (AvgIpc) is 2.83. The number of fused-ring (bicyclic) bond motifs is 1. The smallest absolute Gasteiger partial charge is 0.263 e. The van der Waals surface area contributed by atoms with Crippen LogP contribution in [0.1, 0.15) is 25.3 Å². The lowest BCUT2D eigenvalue weighted by atomic mass is 10.1. The summed E-state index contributed by atoms with van der Waals surface area (Å²) < 4.78 is 0. The maximum atomic E-state index is 12.4. The summed E-state index contributed by atoms with van der Waals surface area (Å²) in [7, 11) is 0. The molecule has 26 heavy (non-hydrogen) atoms. The third kappa shape index (κ3) is 3.41. The molecule has 8 heteroatoms. The molecule has 3 rings (SSSR count). The number of amides is 4. The van der Waals surface area contributed by atoms with E-state index in [-0.39, 0.29) is 18.2 Å². The minimum atomic E-state index is -0.819. The van der Waals surface area contributed by atoms with Crippen LogP contribution >= 0.6 is 23.4 Å². The Hall–Kier alpha value is -2.12. The maximum absolute atomic E-state index is 12.4. The van der Waals surface area contributed by atoms with Gasteiger partial charge in [0.2, 0.25) is 0 Å². The molecule has 2 heterocycles. The number of nitrogens with zero attached hydrogens (tertiary/aromatic N) is 3. The van der Waals surface area contributed by atoms with Crippen LogP contribution in [0.25, 0.3) is 10.9 Å². The van der Waals surface area contributed by atoms with Crippen molar-refractivity contribution in [2.24, 2.45) is 0 Å². The van der Waals surface area contributed by atoms with Crippen LogP contribution in [-0.2, 0) is 16.1 Å². The molecular formula is C18H18ClN3O3S. The molecule has 0 radical (unpaired) electrons. The summed E-state index contributed by atoms with van der Waals surface area (Å²) in [5.41, 5.74) is 1.27. The van der Waals surface area contributed by atoms with Crippen molar-refractivity contribution in [3.8, 4) is 0 Å². The minimum Gasteiger partial charge on any atom is -0.263 e. The van der Waals surface area contributed by atoms with Gasteiger partial charge in [0.15, 0.2) is 0 Å². The largest absolute Gasteiger partial charge is 0.334 e. The van der Waals surface area contributed by atoms with Gasteiger partial charge in [-0.25, -0.2) is 9.78 Å². The number of carbonyl (C=O) groups excluding carboxylic acids is 3. The van der Waals surface area contributed by atoms with Gasteiger partial charge in [-0.05, 0) is 30.9 Å².